The smallest absolute Gasteiger partial charge is 0.271 e. The Morgan fingerprint density at radius 2 is 1.91 bits per heavy atom. The number of methoxy groups -OCH3 is 2. The van der Waals surface area contributed by atoms with E-state index in [0.717, 1.165) is 9.13 Å². The molecule has 0 bridgehead atoms. The average molecular weight is 620 g/mol. The molecule has 0 aliphatic heterocycles. The van der Waals surface area contributed by atoms with Crippen molar-refractivity contribution >= 4 is 50.6 Å². The van der Waals surface area contributed by atoms with Crippen LogP contribution in [0.5, 0.6) is 17.2 Å². The highest BCUT2D eigenvalue weighted by Crippen LogP contribution is 2.37. The molecule has 3 aromatic carbocycles. The van der Waals surface area contributed by atoms with E-state index in [1.54, 1.807) is 49.6 Å². The van der Waals surface area contributed by atoms with Gasteiger partial charge in [-0.2, -0.15) is 10.4 Å². The molecular weight excluding hydrogens is 601 g/mol. The van der Waals surface area contributed by atoms with Gasteiger partial charge in [-0.25, -0.2) is 5.43 Å². The van der Waals surface area contributed by atoms with Gasteiger partial charge in [-0.15, -0.1) is 0 Å². The first-order valence-corrected chi connectivity index (χ1v) is 11.5. The number of hydrazone groups is 1. The van der Waals surface area contributed by atoms with Crippen molar-refractivity contribution in [1.29, 1.82) is 5.26 Å². The Kier molecular flexibility index (Phi) is 8.68. The van der Waals surface area contributed by atoms with Crippen molar-refractivity contribution < 1.29 is 19.0 Å². The summed E-state index contributed by atoms with van der Waals surface area (Å²) in [5.74, 6) is 1.24. The summed E-state index contributed by atoms with van der Waals surface area (Å²) in [6, 6.07) is 18.1. The number of amides is 1. The number of nitrogens with one attached hydrogen (secondary N) is 1. The summed E-state index contributed by atoms with van der Waals surface area (Å²) >= 11 is 5.63. The maximum absolute atomic E-state index is 12.4. The van der Waals surface area contributed by atoms with E-state index < -0.39 is 0 Å². The fraction of sp³-hybridized carbons (Fsp3) is 0.125. The Morgan fingerprint density at radius 1 is 1.15 bits per heavy atom. The number of halogens is 2. The van der Waals surface area contributed by atoms with Crippen LogP contribution in [-0.4, -0.2) is 26.3 Å². The predicted molar refractivity (Wildman–Crippen MR) is 137 cm³/mol. The van der Waals surface area contributed by atoms with Gasteiger partial charge in [-0.05, 0) is 80.5 Å². The molecule has 0 radical (unpaired) electrons. The quantitative estimate of drug-likeness (QED) is 0.210. The van der Waals surface area contributed by atoms with Gasteiger partial charge in [0.2, 0.25) is 0 Å². The zero-order chi connectivity index (χ0) is 23.8. The molecule has 0 atom stereocenters. The Labute approximate surface area is 213 Å². The van der Waals surface area contributed by atoms with Crippen LogP contribution in [0, 0.1) is 14.9 Å². The summed E-state index contributed by atoms with van der Waals surface area (Å²) in [5.41, 5.74) is 4.95. The molecule has 0 spiro atoms. The van der Waals surface area contributed by atoms with Crippen molar-refractivity contribution in [3.05, 3.63) is 84.9 Å². The summed E-state index contributed by atoms with van der Waals surface area (Å²) in [6.07, 6.45) is 1.50. The second-order valence-corrected chi connectivity index (χ2v) is 8.66. The van der Waals surface area contributed by atoms with Gasteiger partial charge in [0.15, 0.2) is 11.5 Å². The zero-order valence-corrected chi connectivity index (χ0v) is 21.5. The van der Waals surface area contributed by atoms with Crippen LogP contribution in [0.1, 0.15) is 27.0 Å². The Hall–Kier alpha value is -3.10. The number of ether oxygens (including phenoxy) is 3. The Bertz CT molecular complexity index is 1240. The van der Waals surface area contributed by atoms with E-state index in [1.165, 1.54) is 13.3 Å². The first kappa shape index (κ1) is 24.5. The largest absolute Gasteiger partial charge is 0.496 e. The van der Waals surface area contributed by atoms with E-state index in [-0.39, 0.29) is 12.5 Å². The van der Waals surface area contributed by atoms with Gasteiger partial charge >= 0.3 is 0 Å². The summed E-state index contributed by atoms with van der Waals surface area (Å²) in [7, 11) is 3.09. The van der Waals surface area contributed by atoms with Gasteiger partial charge in [-0.3, -0.25) is 4.79 Å². The molecule has 0 saturated carbocycles. The summed E-state index contributed by atoms with van der Waals surface area (Å²) in [6.45, 7) is 0.210. The van der Waals surface area contributed by atoms with Gasteiger partial charge in [0.25, 0.3) is 5.91 Å². The van der Waals surface area contributed by atoms with Crippen LogP contribution in [0.4, 0.5) is 0 Å². The van der Waals surface area contributed by atoms with Gasteiger partial charge in [0, 0.05) is 11.1 Å². The molecule has 0 saturated heterocycles. The molecule has 0 aliphatic rings. The Morgan fingerprint density at radius 3 is 2.64 bits per heavy atom. The second kappa shape index (κ2) is 11.7. The molecule has 9 heteroatoms. The van der Waals surface area contributed by atoms with Crippen LogP contribution in [-0.2, 0) is 6.61 Å². The van der Waals surface area contributed by atoms with E-state index in [2.05, 4.69) is 55.1 Å². The predicted octanol–water partition coefficient (Wildman–Crippen LogP) is 5.29. The van der Waals surface area contributed by atoms with E-state index in [1.807, 2.05) is 12.1 Å². The highest BCUT2D eigenvalue weighted by atomic mass is 127. The van der Waals surface area contributed by atoms with E-state index in [0.29, 0.717) is 38.4 Å². The maximum Gasteiger partial charge on any atom is 0.271 e. The standard InChI is InChI=1S/C24H19BrIN3O4/c1-31-21-11-16(7-8-20(21)26)24(30)29-28-13-15-9-19(25)23(22(10-15)32-2)33-14-18-6-4-3-5-17(18)12-27/h3-11,13H,14H2,1-2H3,(H,29,30)/b28-13-. The van der Waals surface area contributed by atoms with Crippen molar-refractivity contribution in [2.24, 2.45) is 5.10 Å². The van der Waals surface area contributed by atoms with Crippen molar-refractivity contribution in [3.63, 3.8) is 0 Å². The molecule has 1 N–H and O–H groups in total. The number of carbonyl (C=O) groups is 1. The lowest BCUT2D eigenvalue weighted by Crippen LogP contribution is -2.17. The van der Waals surface area contributed by atoms with E-state index >= 15 is 0 Å². The summed E-state index contributed by atoms with van der Waals surface area (Å²) < 4.78 is 18.2. The van der Waals surface area contributed by atoms with Crippen LogP contribution < -0.4 is 19.6 Å². The molecule has 0 fully saturated rings. The minimum atomic E-state index is -0.358. The number of nitriles is 1. The molecule has 7 nitrogen and oxygen atoms in total. The summed E-state index contributed by atoms with van der Waals surface area (Å²) in [4.78, 5) is 12.4. The maximum atomic E-state index is 12.4. The lowest BCUT2D eigenvalue weighted by Gasteiger charge is -2.14. The molecule has 0 aromatic heterocycles. The third kappa shape index (κ3) is 6.24. The van der Waals surface area contributed by atoms with Gasteiger partial charge in [-0.1, -0.05) is 18.2 Å². The molecule has 1 amide bonds. The van der Waals surface area contributed by atoms with Crippen molar-refractivity contribution in [1.82, 2.24) is 5.43 Å². The number of carbonyl (C=O) groups excluding carboxylic acids is 1. The van der Waals surface area contributed by atoms with E-state index in [4.69, 9.17) is 14.2 Å². The molecule has 0 heterocycles. The third-order valence-corrected chi connectivity index (χ3v) is 6.03. The van der Waals surface area contributed by atoms with Crippen molar-refractivity contribution in [3.8, 4) is 23.3 Å². The number of nitrogens with zero attached hydrogens (tertiary/aromatic N) is 2. The fourth-order valence-electron chi connectivity index (χ4n) is 2.89. The van der Waals surface area contributed by atoms with Crippen LogP contribution in [0.25, 0.3) is 0 Å². The third-order valence-electron chi connectivity index (χ3n) is 4.55. The first-order valence-electron chi connectivity index (χ1n) is 9.62. The highest BCUT2D eigenvalue weighted by molar-refractivity contribution is 14.1. The zero-order valence-electron chi connectivity index (χ0n) is 17.8. The minimum Gasteiger partial charge on any atom is -0.496 e. The monoisotopic (exact) mass is 619 g/mol. The van der Waals surface area contributed by atoms with Crippen LogP contribution >= 0.6 is 38.5 Å². The minimum absolute atomic E-state index is 0.210. The van der Waals surface area contributed by atoms with Gasteiger partial charge < -0.3 is 14.2 Å². The van der Waals surface area contributed by atoms with Crippen LogP contribution in [0.2, 0.25) is 0 Å². The molecule has 168 valence electrons. The van der Waals surface area contributed by atoms with Crippen LogP contribution in [0.15, 0.2) is 64.2 Å². The number of hydrogen-bond acceptors (Lipinski definition) is 6. The lowest BCUT2D eigenvalue weighted by atomic mass is 10.1. The average Bonchev–Trinajstić information content (AvgIpc) is 2.83. The second-order valence-electron chi connectivity index (χ2n) is 6.64. The first-order chi connectivity index (χ1) is 16.0. The Balaban J connectivity index is 1.72. The number of benzene rings is 3. The molecule has 0 unspecified atom stereocenters. The van der Waals surface area contributed by atoms with E-state index in [9.17, 15) is 10.1 Å². The molecular formula is C24H19BrIN3O4. The number of hydrogen-bond donors (Lipinski definition) is 1. The number of rotatable bonds is 8. The SMILES string of the molecule is COc1cc(C(=O)N/N=C\c2cc(Br)c(OCc3ccccc3C#N)c(OC)c2)ccc1I. The fourth-order valence-corrected chi connectivity index (χ4v) is 4.02. The summed E-state index contributed by atoms with van der Waals surface area (Å²) in [5, 5.41) is 13.3. The lowest BCUT2D eigenvalue weighted by molar-refractivity contribution is 0.0954. The topological polar surface area (TPSA) is 92.9 Å². The van der Waals surface area contributed by atoms with Crippen molar-refractivity contribution in [2.45, 2.75) is 6.61 Å². The van der Waals surface area contributed by atoms with Gasteiger partial charge in [0.05, 0.1) is 40.1 Å². The molecule has 33 heavy (non-hydrogen) atoms. The molecule has 0 aliphatic carbocycles. The highest BCUT2D eigenvalue weighted by Gasteiger charge is 2.13. The van der Waals surface area contributed by atoms with Crippen LogP contribution in [0.3, 0.4) is 0 Å². The molecule has 3 rings (SSSR count). The van der Waals surface area contributed by atoms with Gasteiger partial charge in [0.1, 0.15) is 12.4 Å². The molecule has 3 aromatic rings. The van der Waals surface area contributed by atoms with Crippen molar-refractivity contribution in [2.75, 3.05) is 14.2 Å². The normalized spacial score (nSPS) is 10.5.